The van der Waals surface area contributed by atoms with Gasteiger partial charge in [0.1, 0.15) is 0 Å². The average Bonchev–Trinajstić information content (AvgIpc) is 0.765. The number of benzene rings is 14. The van der Waals surface area contributed by atoms with Gasteiger partial charge in [-0.15, -0.1) is 0 Å². The van der Waals surface area contributed by atoms with Crippen LogP contribution in [-0.4, -0.2) is 20.4 Å². The molecule has 19 rings (SSSR count). The van der Waals surface area contributed by atoms with E-state index in [0.717, 1.165) is 62.2 Å². The molecular weight excluding hydrogens is 1470 g/mol. The van der Waals surface area contributed by atoms with Gasteiger partial charge in [0, 0.05) is 77.8 Å². The van der Waals surface area contributed by atoms with Gasteiger partial charge in [-0.3, -0.25) is 0 Å². The molecule has 610 valence electrons. The van der Waals surface area contributed by atoms with E-state index in [1.807, 2.05) is 0 Å². The maximum atomic E-state index is 2.65. The second-order valence-electron chi connectivity index (χ2n) is 43.7. The third kappa shape index (κ3) is 13.6. The molecule has 0 fully saturated rings. The topological polar surface area (TPSA) is 21.3 Å². The normalized spacial score (nSPS) is 13.7. The number of fused-ring (bicyclic) bond motifs is 13. The monoisotopic (exact) mass is 1590 g/mol. The molecule has 2 aliphatic rings. The summed E-state index contributed by atoms with van der Waals surface area (Å²) >= 11 is 0. The van der Waals surface area contributed by atoms with Crippen molar-refractivity contribution in [1.29, 1.82) is 0 Å². The predicted molar refractivity (Wildman–Crippen MR) is 529 cm³/mol. The molecule has 0 aliphatic carbocycles. The number of hydrogen-bond donors (Lipinski definition) is 0. The first-order valence-electron chi connectivity index (χ1n) is 44.4. The third-order valence-electron chi connectivity index (χ3n) is 26.8. The summed E-state index contributed by atoms with van der Waals surface area (Å²) in [5, 5.41) is 7.49. The van der Waals surface area contributed by atoms with Gasteiger partial charge < -0.3 is 23.5 Å². The molecule has 0 saturated heterocycles. The number of para-hydroxylation sites is 2. The number of hydrogen-bond acceptors (Lipinski definition) is 2. The Bertz CT molecular complexity index is 6880. The SMILES string of the molecule is CC(C)(C)c1ccc(-c2cc(-c3ccc(N4c5cc(-n6c7ccc(C(C)(C)C)cc7c7cc(C(C)(C)C)ccc76)ccc5B5c6ccc(-n7c8ccc(C(C)(C)C)cc8c8cc(C(C)(C)C)ccc87)cc6N(c6ccc(-c7cc(C(C)(C)C)cc(C(C)(C)C)c7)cc6)c6cc(-n7c8ccccc8c8ccccc87)cc4c65)cc3)cc(C(C)(C)C)c2)cc1. The second-order valence-corrected chi connectivity index (χ2v) is 43.7. The highest BCUT2D eigenvalue weighted by molar-refractivity contribution is 7.00. The van der Waals surface area contributed by atoms with Gasteiger partial charge in [-0.2, -0.15) is 0 Å². The zero-order valence-electron chi connectivity index (χ0n) is 76.4. The van der Waals surface area contributed by atoms with Crippen molar-refractivity contribution in [2.75, 3.05) is 9.80 Å². The van der Waals surface area contributed by atoms with Crippen molar-refractivity contribution in [3.63, 3.8) is 0 Å². The molecule has 0 atom stereocenters. The van der Waals surface area contributed by atoms with E-state index in [1.54, 1.807) is 0 Å². The first kappa shape index (κ1) is 79.9. The maximum absolute atomic E-state index is 2.65. The minimum absolute atomic E-state index is 0.0429. The van der Waals surface area contributed by atoms with Gasteiger partial charge in [0.25, 0.3) is 6.71 Å². The van der Waals surface area contributed by atoms with Gasteiger partial charge in [-0.25, -0.2) is 0 Å². The van der Waals surface area contributed by atoms with Crippen LogP contribution in [-0.2, 0) is 43.3 Å². The third-order valence-corrected chi connectivity index (χ3v) is 26.8. The van der Waals surface area contributed by atoms with E-state index < -0.39 is 0 Å². The van der Waals surface area contributed by atoms with Gasteiger partial charge in [-0.1, -0.05) is 318 Å². The predicted octanol–water partition coefficient (Wildman–Crippen LogP) is 30.4. The van der Waals surface area contributed by atoms with Crippen LogP contribution < -0.4 is 26.2 Å². The molecule has 6 heteroatoms. The number of aromatic nitrogens is 3. The molecule has 0 saturated carbocycles. The lowest BCUT2D eigenvalue weighted by Gasteiger charge is -2.44. The van der Waals surface area contributed by atoms with Gasteiger partial charge in [0.05, 0.1) is 38.8 Å². The molecule has 122 heavy (non-hydrogen) atoms. The summed E-state index contributed by atoms with van der Waals surface area (Å²) in [6.07, 6.45) is 0. The summed E-state index contributed by atoms with van der Waals surface area (Å²) < 4.78 is 7.68. The molecule has 14 aromatic carbocycles. The Morgan fingerprint density at radius 2 is 0.443 bits per heavy atom. The fourth-order valence-electron chi connectivity index (χ4n) is 19.4. The van der Waals surface area contributed by atoms with E-state index >= 15 is 0 Å². The van der Waals surface area contributed by atoms with Crippen molar-refractivity contribution in [3.05, 3.63) is 324 Å². The minimum atomic E-state index is -0.234. The fourth-order valence-corrected chi connectivity index (χ4v) is 19.4. The Morgan fingerprint density at radius 3 is 0.770 bits per heavy atom. The van der Waals surface area contributed by atoms with Crippen LogP contribution in [0.4, 0.5) is 34.1 Å². The molecule has 17 aromatic rings. The van der Waals surface area contributed by atoms with Gasteiger partial charge in [0.15, 0.2) is 0 Å². The fraction of sp³-hybridized carbons (Fsp3) is 0.276. The van der Waals surface area contributed by atoms with Crippen molar-refractivity contribution in [3.8, 4) is 50.4 Å². The Morgan fingerprint density at radius 1 is 0.180 bits per heavy atom. The zero-order chi connectivity index (χ0) is 85.9. The van der Waals surface area contributed by atoms with E-state index in [4.69, 9.17) is 0 Å². The Balaban J connectivity index is 0.917. The van der Waals surface area contributed by atoms with Crippen molar-refractivity contribution >= 4 is 123 Å². The quantitative estimate of drug-likeness (QED) is 0.141. The average molecular weight is 1590 g/mol. The first-order chi connectivity index (χ1) is 57.5. The standard InChI is InChI=1S/C116H118BN5/c1-109(2,3)77-39-33-71(34-40-77)74-57-75(59-82(58-74)114(16,17)18)72-35-45-85(46-36-72)118-104-67-87(120-100-53-41-78(110(4,5)6)63-92(100)93-64-79(111(7,8)9)42-54-101(93)120)49-51-96(104)117-97-52-50-88(121-102-55-43-80(112(10,11)12)65-94(102)95-66-81(113(13,14)15)44-56-103(95)121)68-105(97)119(86-47-37-73(38-48-86)76-60-83(115(19,20)21)62-84(61-76)116(22,23)24)107-70-89(69-106(118)108(107)117)122-98-31-27-25-29-90(98)91-30-26-28-32-99(91)122/h25-70H,1-24H3. The lowest BCUT2D eigenvalue weighted by atomic mass is 9.33. The van der Waals surface area contributed by atoms with Gasteiger partial charge in [0.2, 0.25) is 0 Å². The summed E-state index contributed by atoms with van der Waals surface area (Å²) in [7, 11) is 0. The molecule has 0 amide bonds. The highest BCUT2D eigenvalue weighted by atomic mass is 15.2. The van der Waals surface area contributed by atoms with E-state index in [-0.39, 0.29) is 50.0 Å². The molecular formula is C116H118BN5. The van der Waals surface area contributed by atoms with Gasteiger partial charge >= 0.3 is 0 Å². The summed E-state index contributed by atoms with van der Waals surface area (Å²) in [4.78, 5) is 5.30. The van der Waals surface area contributed by atoms with E-state index in [0.29, 0.717) is 0 Å². The Hall–Kier alpha value is -11.9. The number of anilines is 6. The lowest BCUT2D eigenvalue weighted by molar-refractivity contribution is 0.569. The smallest absolute Gasteiger partial charge is 0.252 e. The lowest BCUT2D eigenvalue weighted by Crippen LogP contribution is -2.61. The highest BCUT2D eigenvalue weighted by Crippen LogP contribution is 2.51. The molecule has 5 nitrogen and oxygen atoms in total. The van der Waals surface area contributed by atoms with Gasteiger partial charge in [-0.05, 0) is 265 Å². The van der Waals surface area contributed by atoms with E-state index in [1.165, 1.54) is 149 Å². The Labute approximate surface area is 724 Å². The van der Waals surface area contributed by atoms with E-state index in [9.17, 15) is 0 Å². The molecule has 0 N–H and O–H groups in total. The molecule has 0 bridgehead atoms. The van der Waals surface area contributed by atoms with Crippen molar-refractivity contribution in [2.24, 2.45) is 0 Å². The number of nitrogens with zero attached hydrogens (tertiary/aromatic N) is 5. The van der Waals surface area contributed by atoms with Crippen LogP contribution in [0.2, 0.25) is 0 Å². The summed E-state index contributed by atoms with van der Waals surface area (Å²) in [6.45, 7) is 55.8. The van der Waals surface area contributed by atoms with Crippen LogP contribution in [0, 0.1) is 0 Å². The molecule has 0 unspecified atom stereocenters. The van der Waals surface area contributed by atoms with Crippen molar-refractivity contribution in [1.82, 2.24) is 13.7 Å². The van der Waals surface area contributed by atoms with E-state index in [2.05, 4.69) is 469 Å². The molecule has 5 heterocycles. The summed E-state index contributed by atoms with van der Waals surface area (Å²) in [5.41, 5.74) is 38.1. The van der Waals surface area contributed by atoms with Crippen LogP contribution in [0.5, 0.6) is 0 Å². The van der Waals surface area contributed by atoms with Crippen LogP contribution in [0.15, 0.2) is 279 Å². The molecule has 3 aromatic heterocycles. The summed E-state index contributed by atoms with van der Waals surface area (Å²) in [6, 6.07) is 110. The molecule has 0 radical (unpaired) electrons. The maximum Gasteiger partial charge on any atom is 0.252 e. The number of rotatable bonds is 8. The van der Waals surface area contributed by atoms with Crippen LogP contribution >= 0.6 is 0 Å². The zero-order valence-corrected chi connectivity index (χ0v) is 76.4. The van der Waals surface area contributed by atoms with Crippen molar-refractivity contribution in [2.45, 2.75) is 209 Å². The minimum Gasteiger partial charge on any atom is -0.311 e. The largest absolute Gasteiger partial charge is 0.311 e. The molecule has 2 aliphatic heterocycles. The highest BCUT2D eigenvalue weighted by Gasteiger charge is 2.45. The summed E-state index contributed by atoms with van der Waals surface area (Å²) in [5.74, 6) is 0. The van der Waals surface area contributed by atoms with Crippen LogP contribution in [0.25, 0.3) is 116 Å². The molecule has 0 spiro atoms. The van der Waals surface area contributed by atoms with Crippen LogP contribution in [0.1, 0.15) is 211 Å². The second kappa shape index (κ2) is 27.8. The van der Waals surface area contributed by atoms with Crippen molar-refractivity contribution < 1.29 is 0 Å². The van der Waals surface area contributed by atoms with Crippen LogP contribution in [0.3, 0.4) is 0 Å². The Kier molecular flexibility index (Phi) is 18.2. The first-order valence-corrected chi connectivity index (χ1v) is 44.4.